The van der Waals surface area contributed by atoms with E-state index in [2.05, 4.69) is 105 Å². The minimum atomic E-state index is -4.72. The van der Waals surface area contributed by atoms with Crippen molar-refractivity contribution < 1.29 is 37.3 Å². The SMILES string of the molecule is CC/C=C\C/C=C\C/C=C\C/C=C\C/C=C\CCCC(=O)NC(COP(=O)([O-])OCC[N+](C)(C)C)C(/C=C\CCCCCCCCCCCC)OC(=O)CC/C=C/C/C=C\CCCCCCCC. The van der Waals surface area contributed by atoms with Gasteiger partial charge in [-0.2, -0.15) is 0 Å². The molecule has 3 unspecified atom stereocenters. The van der Waals surface area contributed by atoms with Crippen LogP contribution >= 0.6 is 7.82 Å². The van der Waals surface area contributed by atoms with Gasteiger partial charge >= 0.3 is 5.97 Å². The first-order chi connectivity index (χ1) is 32.9. The Morgan fingerprint density at radius 3 is 1.44 bits per heavy atom. The van der Waals surface area contributed by atoms with E-state index in [9.17, 15) is 19.0 Å². The maximum absolute atomic E-state index is 13.4. The van der Waals surface area contributed by atoms with Crippen molar-refractivity contribution in [1.82, 2.24) is 5.32 Å². The van der Waals surface area contributed by atoms with Crippen LogP contribution in [-0.2, 0) is 27.9 Å². The Morgan fingerprint density at radius 1 is 0.529 bits per heavy atom. The molecule has 0 aromatic heterocycles. The zero-order valence-electron chi connectivity index (χ0n) is 44.3. The summed E-state index contributed by atoms with van der Waals surface area (Å²) in [7, 11) is 1.11. The van der Waals surface area contributed by atoms with Crippen LogP contribution in [0.2, 0.25) is 0 Å². The van der Waals surface area contributed by atoms with Crippen molar-refractivity contribution in [3.8, 4) is 0 Å². The number of hydrogen-bond donors (Lipinski definition) is 1. The number of ether oxygens (including phenoxy) is 1. The number of nitrogens with zero attached hydrogens (tertiary/aromatic N) is 1. The van der Waals surface area contributed by atoms with Gasteiger partial charge in [-0.05, 0) is 89.5 Å². The number of amides is 1. The van der Waals surface area contributed by atoms with Crippen molar-refractivity contribution in [2.75, 3.05) is 40.9 Å². The van der Waals surface area contributed by atoms with E-state index in [1.165, 1.54) is 89.9 Å². The molecule has 0 aromatic carbocycles. The van der Waals surface area contributed by atoms with Crippen LogP contribution in [0.15, 0.2) is 97.2 Å². The van der Waals surface area contributed by atoms with Crippen LogP contribution in [0.4, 0.5) is 0 Å². The number of unbranched alkanes of at least 4 members (excludes halogenated alkanes) is 17. The number of likely N-dealkylation sites (N-methyl/N-ethyl adjacent to an activating group) is 1. The van der Waals surface area contributed by atoms with Crippen LogP contribution < -0.4 is 10.2 Å². The monoisotopic (exact) mass is 969 g/mol. The summed E-state index contributed by atoms with van der Waals surface area (Å²) in [6, 6.07) is -0.944. The summed E-state index contributed by atoms with van der Waals surface area (Å²) in [5, 5.41) is 2.96. The fourth-order valence-corrected chi connectivity index (χ4v) is 7.80. The van der Waals surface area contributed by atoms with Crippen molar-refractivity contribution in [3.05, 3.63) is 97.2 Å². The van der Waals surface area contributed by atoms with Crippen molar-refractivity contribution in [2.24, 2.45) is 0 Å². The molecule has 0 spiro atoms. The minimum Gasteiger partial charge on any atom is -0.756 e. The average molecular weight is 969 g/mol. The Labute approximate surface area is 418 Å². The Bertz CT molecular complexity index is 1490. The van der Waals surface area contributed by atoms with E-state index in [4.69, 9.17) is 13.8 Å². The largest absolute Gasteiger partial charge is 0.756 e. The highest BCUT2D eigenvalue weighted by Crippen LogP contribution is 2.38. The Kier molecular flexibility index (Phi) is 45.5. The summed E-state index contributed by atoms with van der Waals surface area (Å²) in [4.78, 5) is 39.7. The fraction of sp³-hybridized carbons (Fsp3) is 0.690. The topological polar surface area (TPSA) is 114 Å². The number of hydrogen-bond acceptors (Lipinski definition) is 7. The minimum absolute atomic E-state index is 0.0449. The van der Waals surface area contributed by atoms with Gasteiger partial charge < -0.3 is 28.5 Å². The summed E-state index contributed by atoms with van der Waals surface area (Å²) in [6.07, 6.45) is 62.6. The molecule has 10 heteroatoms. The lowest BCUT2D eigenvalue weighted by Gasteiger charge is -2.30. The van der Waals surface area contributed by atoms with Crippen LogP contribution in [-0.4, -0.2) is 69.4 Å². The van der Waals surface area contributed by atoms with Gasteiger partial charge in [-0.25, -0.2) is 0 Å². The van der Waals surface area contributed by atoms with Crippen molar-refractivity contribution in [2.45, 2.75) is 219 Å². The number of allylic oxidation sites excluding steroid dienone is 15. The van der Waals surface area contributed by atoms with Crippen LogP contribution in [0.25, 0.3) is 0 Å². The van der Waals surface area contributed by atoms with E-state index in [0.717, 1.165) is 70.6 Å². The van der Waals surface area contributed by atoms with Crippen LogP contribution in [0.5, 0.6) is 0 Å². The van der Waals surface area contributed by atoms with Gasteiger partial charge in [0.15, 0.2) is 0 Å². The molecule has 0 radical (unpaired) electrons. The summed E-state index contributed by atoms with van der Waals surface area (Å²) < 4.78 is 30.0. The molecule has 68 heavy (non-hydrogen) atoms. The summed E-state index contributed by atoms with van der Waals surface area (Å²) in [5.41, 5.74) is 0. The molecule has 0 fully saturated rings. The molecule has 1 amide bonds. The zero-order valence-corrected chi connectivity index (χ0v) is 45.2. The number of rotatable bonds is 47. The molecule has 0 saturated heterocycles. The number of quaternary nitrogens is 1. The molecule has 0 aliphatic carbocycles. The zero-order chi connectivity index (χ0) is 50.1. The van der Waals surface area contributed by atoms with E-state index < -0.39 is 32.5 Å². The molecule has 0 rings (SSSR count). The summed E-state index contributed by atoms with van der Waals surface area (Å²) in [5.74, 6) is -0.696. The summed E-state index contributed by atoms with van der Waals surface area (Å²) in [6.45, 7) is 6.60. The molecule has 0 aliphatic heterocycles. The predicted octanol–water partition coefficient (Wildman–Crippen LogP) is 15.4. The molecule has 0 aromatic rings. The molecule has 1 N–H and O–H groups in total. The highest BCUT2D eigenvalue weighted by Gasteiger charge is 2.27. The fourth-order valence-electron chi connectivity index (χ4n) is 7.08. The first-order valence-corrected chi connectivity index (χ1v) is 28.5. The average Bonchev–Trinajstić information content (AvgIpc) is 3.29. The third-order valence-electron chi connectivity index (χ3n) is 11.3. The smallest absolute Gasteiger partial charge is 0.306 e. The molecule has 9 nitrogen and oxygen atoms in total. The van der Waals surface area contributed by atoms with Gasteiger partial charge in [-0.1, -0.05) is 202 Å². The second-order valence-electron chi connectivity index (χ2n) is 19.0. The Balaban J connectivity index is 5.58. The predicted molar refractivity (Wildman–Crippen MR) is 288 cm³/mol. The lowest BCUT2D eigenvalue weighted by molar-refractivity contribution is -0.870. The van der Waals surface area contributed by atoms with Crippen LogP contribution in [0.3, 0.4) is 0 Å². The first-order valence-electron chi connectivity index (χ1n) is 27.0. The number of esters is 1. The summed E-state index contributed by atoms with van der Waals surface area (Å²) >= 11 is 0. The molecular formula is C58H101N2O7P. The van der Waals surface area contributed by atoms with Gasteiger partial charge in [0.25, 0.3) is 7.82 Å². The number of phosphoric ester groups is 1. The molecule has 0 saturated carbocycles. The lowest BCUT2D eigenvalue weighted by Crippen LogP contribution is -2.47. The van der Waals surface area contributed by atoms with E-state index in [0.29, 0.717) is 23.9 Å². The third kappa shape index (κ3) is 48.0. The van der Waals surface area contributed by atoms with Gasteiger partial charge in [0.2, 0.25) is 5.91 Å². The number of phosphoric acid groups is 1. The highest BCUT2D eigenvalue weighted by molar-refractivity contribution is 7.45. The quantitative estimate of drug-likeness (QED) is 0.0212. The van der Waals surface area contributed by atoms with Gasteiger partial charge in [-0.15, -0.1) is 0 Å². The third-order valence-corrected chi connectivity index (χ3v) is 12.2. The maximum Gasteiger partial charge on any atom is 0.306 e. The molecule has 0 bridgehead atoms. The lowest BCUT2D eigenvalue weighted by atomic mass is 10.1. The van der Waals surface area contributed by atoms with E-state index in [1.54, 1.807) is 6.08 Å². The van der Waals surface area contributed by atoms with E-state index in [-0.39, 0.29) is 25.4 Å². The molecular weight excluding hydrogens is 868 g/mol. The van der Waals surface area contributed by atoms with Gasteiger partial charge in [0, 0.05) is 12.8 Å². The normalized spacial score (nSPS) is 14.6. The van der Waals surface area contributed by atoms with Gasteiger partial charge in [0.05, 0.1) is 33.8 Å². The number of carbonyl (C=O) groups is 2. The number of carbonyl (C=O) groups excluding carboxylic acids is 2. The number of nitrogens with one attached hydrogen (secondary N) is 1. The van der Waals surface area contributed by atoms with Crippen molar-refractivity contribution in [1.29, 1.82) is 0 Å². The highest BCUT2D eigenvalue weighted by atomic mass is 31.2. The first kappa shape index (κ1) is 64.9. The van der Waals surface area contributed by atoms with Gasteiger partial charge in [-0.3, -0.25) is 14.2 Å². The van der Waals surface area contributed by atoms with E-state index >= 15 is 0 Å². The van der Waals surface area contributed by atoms with Crippen molar-refractivity contribution in [3.63, 3.8) is 0 Å². The van der Waals surface area contributed by atoms with Crippen LogP contribution in [0, 0.1) is 0 Å². The standard InChI is InChI=1S/C58H101N2O7P/c1-7-10-13-16-19-22-25-28-29-30-31-33-35-38-41-44-47-50-57(61)59-55(54-66-68(63,64)65-53-52-60(4,5)6)56(49-46-43-40-37-34-27-24-21-18-15-12-9-3)67-58(62)51-48-45-42-39-36-32-26-23-20-17-14-11-8-2/h10,13,19,22,28-29,31-33,36,38,41-42,45-46,49,55-56H,7-9,11-12,14-18,20-21,23-27,30,34-35,37,39-40,43-44,47-48,50-54H2,1-6H3,(H-,59,61,63,64)/b13-10-,22-19-,29-28-,33-31-,36-32-,41-38-,45-42+,49-46-. The molecule has 0 aliphatic rings. The maximum atomic E-state index is 13.4. The van der Waals surface area contributed by atoms with Crippen LogP contribution in [0.1, 0.15) is 207 Å². The van der Waals surface area contributed by atoms with E-state index in [1.807, 2.05) is 33.3 Å². The molecule has 390 valence electrons. The van der Waals surface area contributed by atoms with Crippen molar-refractivity contribution >= 4 is 19.7 Å². The Morgan fingerprint density at radius 2 is 0.956 bits per heavy atom. The second kappa shape index (κ2) is 47.6. The Hall–Kier alpha value is -3.07. The van der Waals surface area contributed by atoms with Gasteiger partial charge in [0.1, 0.15) is 19.3 Å². The molecule has 0 heterocycles. The molecule has 3 atom stereocenters. The second-order valence-corrected chi connectivity index (χ2v) is 20.4.